The van der Waals surface area contributed by atoms with Crippen LogP contribution in [0.5, 0.6) is 5.75 Å². The molecule has 0 spiro atoms. The van der Waals surface area contributed by atoms with Gasteiger partial charge in [0.05, 0.1) is 16.8 Å². The van der Waals surface area contributed by atoms with E-state index < -0.39 is 23.3 Å². The van der Waals surface area contributed by atoms with Crippen LogP contribution in [0.4, 0.5) is 13.6 Å². The predicted octanol–water partition coefficient (Wildman–Crippen LogP) is 6.59. The van der Waals surface area contributed by atoms with Crippen molar-refractivity contribution in [3.63, 3.8) is 0 Å². The molecule has 2 amide bonds. The van der Waals surface area contributed by atoms with Gasteiger partial charge in [-0.1, -0.05) is 49.7 Å². The molecule has 8 nitrogen and oxygen atoms in total. The monoisotopic (exact) mass is 590 g/mol. The Morgan fingerprint density at radius 1 is 1.07 bits per heavy atom. The molecule has 2 aromatic heterocycles. The van der Waals surface area contributed by atoms with E-state index in [0.29, 0.717) is 29.2 Å². The lowest BCUT2D eigenvalue weighted by atomic mass is 9.96. The van der Waals surface area contributed by atoms with Gasteiger partial charge in [0, 0.05) is 18.7 Å². The summed E-state index contributed by atoms with van der Waals surface area (Å²) in [6.45, 7) is 5.70. The van der Waals surface area contributed by atoms with E-state index in [1.54, 1.807) is 16.7 Å². The third-order valence-corrected chi connectivity index (χ3v) is 7.52. The number of hydrogen-bond donors (Lipinski definition) is 2. The number of imidazole rings is 1. The van der Waals surface area contributed by atoms with Gasteiger partial charge in [0.2, 0.25) is 0 Å². The van der Waals surface area contributed by atoms with Crippen LogP contribution in [0.2, 0.25) is 0 Å². The summed E-state index contributed by atoms with van der Waals surface area (Å²) in [7, 11) is 0. The predicted molar refractivity (Wildman–Crippen MR) is 158 cm³/mol. The van der Waals surface area contributed by atoms with Crippen LogP contribution in [-0.2, 0) is 18.0 Å². The molecule has 2 heterocycles. The number of carbonyl (C=O) groups is 2. The summed E-state index contributed by atoms with van der Waals surface area (Å²) < 4.78 is 41.5. The fourth-order valence-corrected chi connectivity index (χ4v) is 5.17. The van der Waals surface area contributed by atoms with Crippen molar-refractivity contribution in [2.24, 2.45) is 0 Å². The van der Waals surface area contributed by atoms with Gasteiger partial charge < -0.3 is 20.1 Å². The first-order valence-electron chi connectivity index (χ1n) is 14.5. The minimum Gasteiger partial charge on any atom is -0.485 e. The molecule has 226 valence electrons. The molecule has 1 fully saturated rings. The third-order valence-electron chi connectivity index (χ3n) is 7.52. The molecule has 1 aliphatic carbocycles. The fraction of sp³-hybridized carbons (Fsp3) is 0.364. The summed E-state index contributed by atoms with van der Waals surface area (Å²) in [5, 5.41) is 5.94. The molecule has 4 aromatic rings. The van der Waals surface area contributed by atoms with Crippen LogP contribution < -0.4 is 15.4 Å². The minimum atomic E-state index is -0.758. The highest BCUT2D eigenvalue weighted by Gasteiger charge is 2.35. The van der Waals surface area contributed by atoms with E-state index >= 15 is 0 Å². The Hall–Kier alpha value is -4.47. The van der Waals surface area contributed by atoms with Crippen LogP contribution in [0, 0.1) is 18.6 Å². The van der Waals surface area contributed by atoms with Crippen molar-refractivity contribution in [1.29, 1.82) is 0 Å². The molecule has 43 heavy (non-hydrogen) atoms. The normalized spacial score (nSPS) is 14.3. The van der Waals surface area contributed by atoms with Crippen LogP contribution in [0.3, 0.4) is 0 Å². The molecule has 5 rings (SSSR count). The number of benzene rings is 2. The molecule has 0 bridgehead atoms. The number of halogens is 2. The quantitative estimate of drug-likeness (QED) is 0.194. The number of carbonyl (C=O) groups excluding carboxylic acids is 2. The van der Waals surface area contributed by atoms with Crippen molar-refractivity contribution in [2.75, 3.05) is 6.54 Å². The Morgan fingerprint density at radius 2 is 1.79 bits per heavy atom. The number of pyridine rings is 1. The highest BCUT2D eigenvalue weighted by atomic mass is 19.1. The second kappa shape index (κ2) is 12.8. The first-order chi connectivity index (χ1) is 20.7. The summed E-state index contributed by atoms with van der Waals surface area (Å²) in [5.74, 6) is -1.28. The van der Waals surface area contributed by atoms with Crippen molar-refractivity contribution >= 4 is 17.6 Å². The lowest BCUT2D eigenvalue weighted by molar-refractivity contribution is 0.0921. The standard InChI is InChI=1S/C33H36F2N4O4/c1-4-15-33(3,38-32(41)43-18-22-9-6-5-7-10-22)20-36-31(40)29-28(23-13-14-23)37-30-27(16-21(2)17-39(29)30)42-19-24-25(34)11-8-12-26(24)35/h5-12,16-17,23H,4,13-15,18-20H2,1-3H3,(H,36,40)(H,38,41). The summed E-state index contributed by atoms with van der Waals surface area (Å²) in [4.78, 5) is 31.2. The molecule has 1 unspecified atom stereocenters. The molecule has 0 radical (unpaired) electrons. The lowest BCUT2D eigenvalue weighted by Crippen LogP contribution is -2.53. The number of fused-ring (bicyclic) bond motifs is 1. The maximum absolute atomic E-state index is 14.2. The number of aromatic nitrogens is 2. The average Bonchev–Trinajstić information content (AvgIpc) is 3.75. The van der Waals surface area contributed by atoms with Crippen LogP contribution in [0.25, 0.3) is 5.65 Å². The first-order valence-corrected chi connectivity index (χ1v) is 14.5. The molecule has 1 saturated carbocycles. The van der Waals surface area contributed by atoms with Gasteiger partial charge in [-0.2, -0.15) is 0 Å². The minimum absolute atomic E-state index is 0.130. The van der Waals surface area contributed by atoms with E-state index in [1.165, 1.54) is 18.2 Å². The van der Waals surface area contributed by atoms with Crippen molar-refractivity contribution < 1.29 is 27.8 Å². The molecule has 2 aromatic carbocycles. The molecular weight excluding hydrogens is 554 g/mol. The Kier molecular flexibility index (Phi) is 8.94. The van der Waals surface area contributed by atoms with Gasteiger partial charge in [-0.05, 0) is 62.4 Å². The first kappa shape index (κ1) is 30.0. The van der Waals surface area contributed by atoms with E-state index in [2.05, 4.69) is 10.6 Å². The zero-order chi connectivity index (χ0) is 30.6. The van der Waals surface area contributed by atoms with Crippen LogP contribution >= 0.6 is 0 Å². The highest BCUT2D eigenvalue weighted by Crippen LogP contribution is 2.42. The number of nitrogens with one attached hydrogen (secondary N) is 2. The smallest absolute Gasteiger partial charge is 0.407 e. The Morgan fingerprint density at radius 3 is 2.47 bits per heavy atom. The van der Waals surface area contributed by atoms with Crippen molar-refractivity contribution in [1.82, 2.24) is 20.0 Å². The second-order valence-electron chi connectivity index (χ2n) is 11.4. The van der Waals surface area contributed by atoms with Gasteiger partial charge in [-0.3, -0.25) is 9.20 Å². The zero-order valence-corrected chi connectivity index (χ0v) is 24.6. The number of nitrogens with zero attached hydrogens (tertiary/aromatic N) is 2. The van der Waals surface area contributed by atoms with E-state index in [9.17, 15) is 18.4 Å². The molecule has 1 aliphatic rings. The topological polar surface area (TPSA) is 94.0 Å². The number of alkyl carbamates (subject to hydrolysis) is 1. The van der Waals surface area contributed by atoms with E-state index in [4.69, 9.17) is 14.5 Å². The number of amides is 2. The number of rotatable bonds is 12. The number of hydrogen-bond acceptors (Lipinski definition) is 5. The summed E-state index contributed by atoms with van der Waals surface area (Å²) >= 11 is 0. The Balaban J connectivity index is 1.34. The second-order valence-corrected chi connectivity index (χ2v) is 11.4. The van der Waals surface area contributed by atoms with Gasteiger partial charge in [-0.15, -0.1) is 0 Å². The highest BCUT2D eigenvalue weighted by molar-refractivity contribution is 5.95. The summed E-state index contributed by atoms with van der Waals surface area (Å²) in [5.41, 5.74) is 2.15. The van der Waals surface area contributed by atoms with Gasteiger partial charge >= 0.3 is 6.09 Å². The molecule has 10 heteroatoms. The van der Waals surface area contributed by atoms with Gasteiger partial charge in [0.25, 0.3) is 5.91 Å². The van der Waals surface area contributed by atoms with Gasteiger partial charge in [0.15, 0.2) is 11.4 Å². The van der Waals surface area contributed by atoms with E-state index in [0.717, 1.165) is 30.4 Å². The molecule has 1 atom stereocenters. The molecule has 0 saturated heterocycles. The Labute approximate surface area is 249 Å². The maximum atomic E-state index is 14.2. The van der Waals surface area contributed by atoms with E-state index in [-0.39, 0.29) is 37.1 Å². The SMILES string of the molecule is CCCC(C)(CNC(=O)c1c(C2CC2)nc2c(OCc3c(F)cccc3F)cc(C)cn12)NC(=O)OCc1ccccc1. The number of aryl methyl sites for hydroxylation is 1. The van der Waals surface area contributed by atoms with E-state index in [1.807, 2.05) is 51.1 Å². The van der Waals surface area contributed by atoms with Crippen LogP contribution in [0.15, 0.2) is 60.8 Å². The maximum Gasteiger partial charge on any atom is 0.407 e. The fourth-order valence-electron chi connectivity index (χ4n) is 5.17. The lowest BCUT2D eigenvalue weighted by Gasteiger charge is -2.30. The average molecular weight is 591 g/mol. The molecule has 2 N–H and O–H groups in total. The van der Waals surface area contributed by atoms with Gasteiger partial charge in [0.1, 0.15) is 30.5 Å². The number of ether oxygens (including phenoxy) is 2. The summed E-state index contributed by atoms with van der Waals surface area (Å²) in [6.07, 6.45) is 4.43. The summed E-state index contributed by atoms with van der Waals surface area (Å²) in [6, 6.07) is 14.8. The Bertz CT molecular complexity index is 1600. The van der Waals surface area contributed by atoms with Crippen LogP contribution in [-0.4, -0.2) is 33.5 Å². The van der Waals surface area contributed by atoms with Crippen LogP contribution in [0.1, 0.15) is 78.3 Å². The molecule has 0 aliphatic heterocycles. The van der Waals surface area contributed by atoms with Gasteiger partial charge in [-0.25, -0.2) is 18.6 Å². The molecular formula is C33H36F2N4O4. The van der Waals surface area contributed by atoms with Crippen molar-refractivity contribution in [3.8, 4) is 5.75 Å². The third kappa shape index (κ3) is 7.13. The largest absolute Gasteiger partial charge is 0.485 e. The zero-order valence-electron chi connectivity index (χ0n) is 24.6. The van der Waals surface area contributed by atoms with Crippen molar-refractivity contribution in [2.45, 2.75) is 71.1 Å². The van der Waals surface area contributed by atoms with Crippen molar-refractivity contribution in [3.05, 3.63) is 101 Å².